The molecule has 0 spiro atoms. The van der Waals surface area contributed by atoms with Crippen molar-refractivity contribution < 1.29 is 9.47 Å². The van der Waals surface area contributed by atoms with Gasteiger partial charge in [-0.1, -0.05) is 6.08 Å². The molecule has 1 saturated heterocycles. The summed E-state index contributed by atoms with van der Waals surface area (Å²) >= 11 is 0. The first kappa shape index (κ1) is 14.0. The molecule has 0 aromatic rings. The molecule has 1 aliphatic rings. The molecular formula is C12H23N3O2. The Balaban J connectivity index is 1.97. The first-order valence-corrected chi connectivity index (χ1v) is 6.17. The van der Waals surface area contributed by atoms with Crippen molar-refractivity contribution in [3.05, 3.63) is 12.7 Å². The fourth-order valence-electron chi connectivity index (χ4n) is 1.59. The van der Waals surface area contributed by atoms with Gasteiger partial charge in [-0.2, -0.15) is 0 Å². The third-order valence-electron chi connectivity index (χ3n) is 2.53. The number of ether oxygens (including phenoxy) is 2. The number of nitrogens with zero attached hydrogens (tertiary/aromatic N) is 1. The van der Waals surface area contributed by atoms with Gasteiger partial charge in [0.05, 0.1) is 6.10 Å². The van der Waals surface area contributed by atoms with Crippen LogP contribution in [0.4, 0.5) is 0 Å². The SMILES string of the molecule is C=CCNC(N)=NCCCOC1CCOCC1. The van der Waals surface area contributed by atoms with Gasteiger partial charge in [-0.3, -0.25) is 4.99 Å². The first-order chi connectivity index (χ1) is 8.33. The maximum absolute atomic E-state index is 5.72. The highest BCUT2D eigenvalue weighted by molar-refractivity contribution is 5.77. The molecule has 3 N–H and O–H groups in total. The molecular weight excluding hydrogens is 218 g/mol. The molecule has 98 valence electrons. The first-order valence-electron chi connectivity index (χ1n) is 6.17. The highest BCUT2D eigenvalue weighted by atomic mass is 16.5. The Labute approximate surface area is 103 Å². The van der Waals surface area contributed by atoms with E-state index in [1.807, 2.05) is 0 Å². The minimum atomic E-state index is 0.365. The second-order valence-electron chi connectivity index (χ2n) is 3.97. The normalized spacial score (nSPS) is 18.0. The van der Waals surface area contributed by atoms with E-state index in [4.69, 9.17) is 15.2 Å². The van der Waals surface area contributed by atoms with Crippen molar-refractivity contribution in [1.82, 2.24) is 5.32 Å². The fraction of sp³-hybridized carbons (Fsp3) is 0.750. The summed E-state index contributed by atoms with van der Waals surface area (Å²) in [5.74, 6) is 0.468. The van der Waals surface area contributed by atoms with E-state index in [0.717, 1.165) is 39.1 Å². The molecule has 0 aliphatic carbocycles. The van der Waals surface area contributed by atoms with Crippen LogP contribution in [0.5, 0.6) is 0 Å². The Morgan fingerprint density at radius 3 is 3.00 bits per heavy atom. The summed E-state index contributed by atoms with van der Waals surface area (Å²) in [6, 6.07) is 0. The van der Waals surface area contributed by atoms with Crippen molar-refractivity contribution >= 4 is 5.96 Å². The summed E-state index contributed by atoms with van der Waals surface area (Å²) in [4.78, 5) is 4.18. The standard InChI is InChI=1S/C12H23N3O2/c1-2-6-14-12(13)15-7-3-8-17-11-4-9-16-10-5-11/h2,11H,1,3-10H2,(H3,13,14,15). The second kappa shape index (κ2) is 9.01. The zero-order chi connectivity index (χ0) is 12.3. The van der Waals surface area contributed by atoms with E-state index in [1.54, 1.807) is 6.08 Å². The van der Waals surface area contributed by atoms with Crippen LogP contribution in [-0.2, 0) is 9.47 Å². The molecule has 5 nitrogen and oxygen atoms in total. The van der Waals surface area contributed by atoms with Crippen molar-refractivity contribution in [2.45, 2.75) is 25.4 Å². The minimum Gasteiger partial charge on any atom is -0.381 e. The molecule has 0 saturated carbocycles. The van der Waals surface area contributed by atoms with E-state index in [2.05, 4.69) is 16.9 Å². The fourth-order valence-corrected chi connectivity index (χ4v) is 1.59. The maximum atomic E-state index is 5.72. The van der Waals surface area contributed by atoms with E-state index >= 15 is 0 Å². The number of aliphatic imine (C=N–C) groups is 1. The van der Waals surface area contributed by atoms with Gasteiger partial charge >= 0.3 is 0 Å². The number of nitrogens with one attached hydrogen (secondary N) is 1. The number of nitrogens with two attached hydrogens (primary N) is 1. The van der Waals surface area contributed by atoms with E-state index < -0.39 is 0 Å². The van der Waals surface area contributed by atoms with Crippen molar-refractivity contribution in [2.24, 2.45) is 10.7 Å². The number of hydrogen-bond acceptors (Lipinski definition) is 3. The van der Waals surface area contributed by atoms with Gasteiger partial charge in [-0.15, -0.1) is 6.58 Å². The predicted molar refractivity (Wildman–Crippen MR) is 69.1 cm³/mol. The monoisotopic (exact) mass is 241 g/mol. The Morgan fingerprint density at radius 1 is 1.53 bits per heavy atom. The molecule has 0 bridgehead atoms. The average Bonchev–Trinajstić information content (AvgIpc) is 2.37. The highest BCUT2D eigenvalue weighted by Crippen LogP contribution is 2.10. The Kier molecular flexibility index (Phi) is 7.42. The predicted octanol–water partition coefficient (Wildman–Crippen LogP) is 0.662. The smallest absolute Gasteiger partial charge is 0.188 e. The molecule has 0 radical (unpaired) electrons. The average molecular weight is 241 g/mol. The van der Waals surface area contributed by atoms with Gasteiger partial charge in [0.2, 0.25) is 0 Å². The molecule has 17 heavy (non-hydrogen) atoms. The zero-order valence-electron chi connectivity index (χ0n) is 10.4. The van der Waals surface area contributed by atoms with Crippen molar-refractivity contribution in [3.8, 4) is 0 Å². The van der Waals surface area contributed by atoms with Crippen LogP contribution < -0.4 is 11.1 Å². The topological polar surface area (TPSA) is 68.9 Å². The van der Waals surface area contributed by atoms with Crippen molar-refractivity contribution in [2.75, 3.05) is 32.9 Å². The van der Waals surface area contributed by atoms with Crippen molar-refractivity contribution in [1.29, 1.82) is 0 Å². The van der Waals surface area contributed by atoms with Gasteiger partial charge < -0.3 is 20.5 Å². The van der Waals surface area contributed by atoms with Gasteiger partial charge in [-0.05, 0) is 19.3 Å². The van der Waals surface area contributed by atoms with Gasteiger partial charge in [0.15, 0.2) is 5.96 Å². The molecule has 1 heterocycles. The summed E-state index contributed by atoms with van der Waals surface area (Å²) in [5, 5.41) is 2.92. The van der Waals surface area contributed by atoms with Crippen LogP contribution in [0.1, 0.15) is 19.3 Å². The largest absolute Gasteiger partial charge is 0.381 e. The third kappa shape index (κ3) is 6.97. The summed E-state index contributed by atoms with van der Waals surface area (Å²) in [6.07, 6.45) is 5.02. The number of rotatable bonds is 7. The van der Waals surface area contributed by atoms with Gasteiger partial charge in [-0.25, -0.2) is 0 Å². The lowest BCUT2D eigenvalue weighted by atomic mass is 10.1. The quantitative estimate of drug-likeness (QED) is 0.297. The van der Waals surface area contributed by atoms with Gasteiger partial charge in [0, 0.05) is 32.9 Å². The number of hydrogen-bond donors (Lipinski definition) is 2. The van der Waals surface area contributed by atoms with Crippen LogP contribution in [0.2, 0.25) is 0 Å². The Morgan fingerprint density at radius 2 is 2.29 bits per heavy atom. The van der Waals surface area contributed by atoms with Crippen LogP contribution in [0.15, 0.2) is 17.6 Å². The molecule has 5 heteroatoms. The van der Waals surface area contributed by atoms with Crippen molar-refractivity contribution in [3.63, 3.8) is 0 Å². The van der Waals surface area contributed by atoms with Crippen LogP contribution in [0.3, 0.4) is 0 Å². The number of guanidine groups is 1. The second-order valence-corrected chi connectivity index (χ2v) is 3.97. The van der Waals surface area contributed by atoms with E-state index in [9.17, 15) is 0 Å². The summed E-state index contributed by atoms with van der Waals surface area (Å²) in [7, 11) is 0. The third-order valence-corrected chi connectivity index (χ3v) is 2.53. The molecule has 1 rings (SSSR count). The molecule has 0 aromatic carbocycles. The van der Waals surface area contributed by atoms with E-state index in [-0.39, 0.29) is 0 Å². The summed E-state index contributed by atoms with van der Waals surface area (Å²) in [6.45, 7) is 7.31. The molecule has 0 unspecified atom stereocenters. The van der Waals surface area contributed by atoms with E-state index in [1.165, 1.54) is 0 Å². The summed E-state index contributed by atoms with van der Waals surface area (Å²) < 4.78 is 11.0. The van der Waals surface area contributed by atoms with Gasteiger partial charge in [0.25, 0.3) is 0 Å². The van der Waals surface area contributed by atoms with Gasteiger partial charge in [0.1, 0.15) is 0 Å². The van der Waals surface area contributed by atoms with Crippen LogP contribution in [-0.4, -0.2) is 45.0 Å². The lowest BCUT2D eigenvalue weighted by molar-refractivity contribution is -0.0318. The lowest BCUT2D eigenvalue weighted by Gasteiger charge is -2.22. The zero-order valence-corrected chi connectivity index (χ0v) is 10.4. The highest BCUT2D eigenvalue weighted by Gasteiger charge is 2.13. The molecule has 0 aromatic heterocycles. The van der Waals surface area contributed by atoms with Crippen LogP contribution in [0, 0.1) is 0 Å². The minimum absolute atomic E-state index is 0.365. The van der Waals surface area contributed by atoms with E-state index in [0.29, 0.717) is 25.2 Å². The molecule has 0 atom stereocenters. The maximum Gasteiger partial charge on any atom is 0.188 e. The molecule has 1 fully saturated rings. The summed E-state index contributed by atoms with van der Waals surface area (Å²) in [5.41, 5.74) is 5.62. The molecule has 0 amide bonds. The lowest BCUT2D eigenvalue weighted by Crippen LogP contribution is -2.31. The Hall–Kier alpha value is -1.07. The van der Waals surface area contributed by atoms with Crippen LogP contribution in [0.25, 0.3) is 0 Å². The Bertz CT molecular complexity index is 238. The van der Waals surface area contributed by atoms with Crippen LogP contribution >= 0.6 is 0 Å². The molecule has 1 aliphatic heterocycles.